The largest absolute Gasteiger partial charge is 0.371 e. The first-order valence-corrected chi connectivity index (χ1v) is 7.41. The van der Waals surface area contributed by atoms with Gasteiger partial charge in [0.1, 0.15) is 5.82 Å². The molecule has 2 aliphatic heterocycles. The van der Waals surface area contributed by atoms with Gasteiger partial charge in [0.2, 0.25) is 0 Å². The minimum atomic E-state index is 0.423. The summed E-state index contributed by atoms with van der Waals surface area (Å²) in [7, 11) is 0. The molecule has 0 radical (unpaired) electrons. The maximum Gasteiger partial charge on any atom is 0.128 e. The molecular weight excluding hydrogens is 238 g/mol. The molecule has 2 atom stereocenters. The number of morpholine rings is 1. The highest BCUT2D eigenvalue weighted by molar-refractivity contribution is 5.40. The fourth-order valence-electron chi connectivity index (χ4n) is 2.92. The molecule has 2 bridgehead atoms. The van der Waals surface area contributed by atoms with E-state index in [0.29, 0.717) is 12.2 Å². The zero-order valence-electron chi connectivity index (χ0n) is 11.6. The number of rotatable bonds is 5. The molecule has 0 spiro atoms. The number of aromatic nitrogens is 1. The van der Waals surface area contributed by atoms with Crippen molar-refractivity contribution < 1.29 is 4.74 Å². The van der Waals surface area contributed by atoms with Crippen LogP contribution < -0.4 is 10.2 Å². The van der Waals surface area contributed by atoms with Crippen LogP contribution in [0.5, 0.6) is 0 Å². The molecule has 3 heterocycles. The van der Waals surface area contributed by atoms with Crippen molar-refractivity contribution in [3.63, 3.8) is 0 Å². The lowest BCUT2D eigenvalue weighted by Gasteiger charge is -2.33. The van der Waals surface area contributed by atoms with Crippen LogP contribution >= 0.6 is 0 Å². The lowest BCUT2D eigenvalue weighted by Crippen LogP contribution is -2.43. The Bertz CT molecular complexity index is 394. The Balaban J connectivity index is 1.59. The van der Waals surface area contributed by atoms with Crippen molar-refractivity contribution in [3.8, 4) is 0 Å². The molecular formula is C15H23N3O. The van der Waals surface area contributed by atoms with Crippen molar-refractivity contribution in [2.24, 2.45) is 0 Å². The summed E-state index contributed by atoms with van der Waals surface area (Å²) in [5.74, 6) is 1.10. The zero-order valence-corrected chi connectivity index (χ0v) is 11.6. The Morgan fingerprint density at radius 3 is 2.74 bits per heavy atom. The SMILES string of the molecule is CCCNCc1ccc(N2CC3CCC(C2)O3)nc1. The Kier molecular flexibility index (Phi) is 3.99. The van der Waals surface area contributed by atoms with Crippen LogP contribution in [0.25, 0.3) is 0 Å². The molecule has 2 unspecified atom stereocenters. The topological polar surface area (TPSA) is 37.4 Å². The second-order valence-corrected chi connectivity index (χ2v) is 5.56. The van der Waals surface area contributed by atoms with E-state index in [1.54, 1.807) is 0 Å². The second kappa shape index (κ2) is 5.88. The highest BCUT2D eigenvalue weighted by Crippen LogP contribution is 2.28. The number of nitrogens with one attached hydrogen (secondary N) is 1. The van der Waals surface area contributed by atoms with Crippen molar-refractivity contribution in [1.82, 2.24) is 10.3 Å². The van der Waals surface area contributed by atoms with Crippen LogP contribution in [0.15, 0.2) is 18.3 Å². The van der Waals surface area contributed by atoms with Crippen molar-refractivity contribution in [2.75, 3.05) is 24.5 Å². The number of anilines is 1. The Labute approximate surface area is 115 Å². The van der Waals surface area contributed by atoms with Crippen LogP contribution in [0.1, 0.15) is 31.7 Å². The van der Waals surface area contributed by atoms with E-state index in [1.165, 1.54) is 24.8 Å². The smallest absolute Gasteiger partial charge is 0.128 e. The van der Waals surface area contributed by atoms with Gasteiger partial charge in [-0.15, -0.1) is 0 Å². The van der Waals surface area contributed by atoms with E-state index in [4.69, 9.17) is 4.74 Å². The molecule has 0 aromatic carbocycles. The van der Waals surface area contributed by atoms with Gasteiger partial charge in [-0.05, 0) is 37.4 Å². The first-order chi connectivity index (χ1) is 9.35. The van der Waals surface area contributed by atoms with Gasteiger partial charge in [-0.25, -0.2) is 4.98 Å². The van der Waals surface area contributed by atoms with Gasteiger partial charge < -0.3 is 15.0 Å². The van der Waals surface area contributed by atoms with Gasteiger partial charge in [-0.1, -0.05) is 13.0 Å². The van der Waals surface area contributed by atoms with E-state index in [9.17, 15) is 0 Å². The molecule has 2 fully saturated rings. The maximum absolute atomic E-state index is 5.86. The first-order valence-electron chi connectivity index (χ1n) is 7.41. The Morgan fingerprint density at radius 1 is 1.32 bits per heavy atom. The summed E-state index contributed by atoms with van der Waals surface area (Å²) >= 11 is 0. The highest BCUT2D eigenvalue weighted by Gasteiger charge is 2.34. The van der Waals surface area contributed by atoms with E-state index in [0.717, 1.165) is 32.0 Å². The Hall–Kier alpha value is -1.13. The second-order valence-electron chi connectivity index (χ2n) is 5.56. The number of hydrogen-bond donors (Lipinski definition) is 1. The van der Waals surface area contributed by atoms with Crippen LogP contribution in [0.4, 0.5) is 5.82 Å². The lowest BCUT2D eigenvalue weighted by molar-refractivity contribution is 0.0302. The van der Waals surface area contributed by atoms with Gasteiger partial charge in [0, 0.05) is 25.8 Å². The van der Waals surface area contributed by atoms with Gasteiger partial charge in [-0.2, -0.15) is 0 Å². The summed E-state index contributed by atoms with van der Waals surface area (Å²) in [5.41, 5.74) is 1.26. The van der Waals surface area contributed by atoms with Crippen LogP contribution in [-0.4, -0.2) is 36.8 Å². The summed E-state index contributed by atoms with van der Waals surface area (Å²) in [6.45, 7) is 6.15. The molecule has 4 nitrogen and oxygen atoms in total. The summed E-state index contributed by atoms with van der Waals surface area (Å²) < 4.78 is 5.86. The molecule has 4 heteroatoms. The Morgan fingerprint density at radius 2 is 2.11 bits per heavy atom. The first kappa shape index (κ1) is 12.9. The van der Waals surface area contributed by atoms with E-state index < -0.39 is 0 Å². The van der Waals surface area contributed by atoms with Gasteiger partial charge in [-0.3, -0.25) is 0 Å². The van der Waals surface area contributed by atoms with E-state index in [2.05, 4.69) is 34.3 Å². The molecule has 19 heavy (non-hydrogen) atoms. The van der Waals surface area contributed by atoms with Gasteiger partial charge in [0.25, 0.3) is 0 Å². The summed E-state index contributed by atoms with van der Waals surface area (Å²) in [5, 5.41) is 3.40. The quantitative estimate of drug-likeness (QED) is 0.822. The molecule has 1 aromatic rings. The number of hydrogen-bond acceptors (Lipinski definition) is 4. The van der Waals surface area contributed by atoms with E-state index in [-0.39, 0.29) is 0 Å². The minimum absolute atomic E-state index is 0.423. The number of fused-ring (bicyclic) bond motifs is 2. The standard InChI is InChI=1S/C15H23N3O/c1-2-7-16-8-12-3-6-15(17-9-12)18-10-13-4-5-14(11-18)19-13/h3,6,9,13-14,16H,2,4-5,7-8,10-11H2,1H3. The van der Waals surface area contributed by atoms with Crippen molar-refractivity contribution in [2.45, 2.75) is 44.9 Å². The van der Waals surface area contributed by atoms with Crippen LogP contribution in [-0.2, 0) is 11.3 Å². The molecule has 3 rings (SSSR count). The minimum Gasteiger partial charge on any atom is -0.371 e. The number of pyridine rings is 1. The average molecular weight is 261 g/mol. The monoisotopic (exact) mass is 261 g/mol. The number of ether oxygens (including phenoxy) is 1. The molecule has 1 aromatic heterocycles. The molecule has 0 amide bonds. The third kappa shape index (κ3) is 3.07. The third-order valence-corrected chi connectivity index (χ3v) is 3.93. The van der Waals surface area contributed by atoms with Crippen LogP contribution in [0.2, 0.25) is 0 Å². The summed E-state index contributed by atoms with van der Waals surface area (Å²) in [6, 6.07) is 4.33. The number of nitrogens with zero attached hydrogens (tertiary/aromatic N) is 2. The maximum atomic E-state index is 5.86. The fraction of sp³-hybridized carbons (Fsp3) is 0.667. The average Bonchev–Trinajstić information content (AvgIpc) is 2.78. The van der Waals surface area contributed by atoms with Crippen molar-refractivity contribution in [3.05, 3.63) is 23.9 Å². The molecule has 0 saturated carbocycles. The van der Waals surface area contributed by atoms with Crippen LogP contribution in [0.3, 0.4) is 0 Å². The fourth-order valence-corrected chi connectivity index (χ4v) is 2.92. The zero-order chi connectivity index (χ0) is 13.1. The highest BCUT2D eigenvalue weighted by atomic mass is 16.5. The molecule has 0 aliphatic carbocycles. The van der Waals surface area contributed by atoms with Gasteiger partial charge >= 0.3 is 0 Å². The lowest BCUT2D eigenvalue weighted by atomic mass is 10.2. The third-order valence-electron chi connectivity index (χ3n) is 3.93. The van der Waals surface area contributed by atoms with Gasteiger partial charge in [0.15, 0.2) is 0 Å². The summed E-state index contributed by atoms with van der Waals surface area (Å²) in [6.07, 6.45) is 6.43. The molecule has 2 aliphatic rings. The molecule has 104 valence electrons. The predicted octanol–water partition coefficient (Wildman–Crippen LogP) is 1.95. The molecule has 1 N–H and O–H groups in total. The van der Waals surface area contributed by atoms with E-state index in [1.807, 2.05) is 6.20 Å². The van der Waals surface area contributed by atoms with Crippen LogP contribution in [0, 0.1) is 0 Å². The molecule has 2 saturated heterocycles. The van der Waals surface area contributed by atoms with E-state index >= 15 is 0 Å². The van der Waals surface area contributed by atoms with Gasteiger partial charge in [0.05, 0.1) is 12.2 Å². The van der Waals surface area contributed by atoms with Crippen molar-refractivity contribution >= 4 is 5.82 Å². The predicted molar refractivity (Wildman–Crippen MR) is 76.3 cm³/mol. The summed E-state index contributed by atoms with van der Waals surface area (Å²) in [4.78, 5) is 6.98. The van der Waals surface area contributed by atoms with Crippen molar-refractivity contribution in [1.29, 1.82) is 0 Å². The normalized spacial score (nSPS) is 25.8.